The van der Waals surface area contributed by atoms with Gasteiger partial charge in [-0.15, -0.1) is 0 Å². The Labute approximate surface area is 71.5 Å². The van der Waals surface area contributed by atoms with Gasteiger partial charge in [-0.3, -0.25) is 4.90 Å². The molecule has 1 saturated heterocycles. The van der Waals surface area contributed by atoms with E-state index in [1.54, 1.807) is 0 Å². The molecule has 1 amide bonds. The molecule has 1 aliphatic carbocycles. The molecule has 1 saturated carbocycles. The van der Waals surface area contributed by atoms with E-state index in [0.29, 0.717) is 0 Å². The van der Waals surface area contributed by atoms with Crippen molar-refractivity contribution >= 4 is 6.09 Å². The van der Waals surface area contributed by atoms with E-state index in [0.717, 1.165) is 25.6 Å². The van der Waals surface area contributed by atoms with Gasteiger partial charge in [0.1, 0.15) is 0 Å². The summed E-state index contributed by atoms with van der Waals surface area (Å²) in [5.41, 5.74) is 0. The van der Waals surface area contributed by atoms with Crippen LogP contribution in [0.15, 0.2) is 0 Å². The van der Waals surface area contributed by atoms with E-state index in [2.05, 4.69) is 10.2 Å². The molecular formula is C8H14N2O2. The lowest BCUT2D eigenvalue weighted by Crippen LogP contribution is -2.36. The zero-order valence-electron chi connectivity index (χ0n) is 6.99. The summed E-state index contributed by atoms with van der Waals surface area (Å²) in [6, 6.07) is 0.939. The Balaban J connectivity index is 1.77. The molecule has 68 valence electrons. The normalized spacial score (nSPS) is 30.5. The standard InChI is InChI=1S/C8H14N2O2/c11-8(12)9-6-3-4-10(5-6)7-1-2-7/h6-7,9H,1-5H2,(H,11,12)/t6-/m1/s1. The SMILES string of the molecule is O=C(O)N[C@@H]1CCN(C2CC2)C1. The minimum Gasteiger partial charge on any atom is -0.465 e. The minimum atomic E-state index is -0.891. The molecule has 0 aromatic rings. The van der Waals surface area contributed by atoms with Crippen LogP contribution in [0.4, 0.5) is 4.79 Å². The molecule has 0 aromatic carbocycles. The lowest BCUT2D eigenvalue weighted by Gasteiger charge is -2.14. The topological polar surface area (TPSA) is 52.6 Å². The number of carboxylic acid groups (broad SMARTS) is 1. The van der Waals surface area contributed by atoms with E-state index in [-0.39, 0.29) is 6.04 Å². The van der Waals surface area contributed by atoms with Gasteiger partial charge in [0, 0.05) is 25.2 Å². The number of hydrogen-bond donors (Lipinski definition) is 2. The second-order valence-corrected chi connectivity index (χ2v) is 3.66. The third-order valence-electron chi connectivity index (χ3n) is 2.61. The highest BCUT2D eigenvalue weighted by Crippen LogP contribution is 2.29. The van der Waals surface area contributed by atoms with Crippen molar-refractivity contribution in [2.45, 2.75) is 31.3 Å². The molecule has 1 heterocycles. The van der Waals surface area contributed by atoms with Crippen LogP contribution in [0, 0.1) is 0 Å². The molecule has 2 fully saturated rings. The quantitative estimate of drug-likeness (QED) is 0.634. The van der Waals surface area contributed by atoms with Crippen LogP contribution in [0.5, 0.6) is 0 Å². The van der Waals surface area contributed by atoms with Crippen molar-refractivity contribution in [1.82, 2.24) is 10.2 Å². The van der Waals surface area contributed by atoms with Crippen molar-refractivity contribution in [1.29, 1.82) is 0 Å². The van der Waals surface area contributed by atoms with Gasteiger partial charge in [0.05, 0.1) is 0 Å². The van der Waals surface area contributed by atoms with Gasteiger partial charge in [0.25, 0.3) is 0 Å². The van der Waals surface area contributed by atoms with E-state index in [4.69, 9.17) is 5.11 Å². The molecule has 2 rings (SSSR count). The van der Waals surface area contributed by atoms with Crippen molar-refractivity contribution in [2.24, 2.45) is 0 Å². The Morgan fingerprint density at radius 2 is 2.17 bits per heavy atom. The molecule has 0 spiro atoms. The number of nitrogens with one attached hydrogen (secondary N) is 1. The molecule has 12 heavy (non-hydrogen) atoms. The van der Waals surface area contributed by atoms with Crippen LogP contribution in [0.3, 0.4) is 0 Å². The monoisotopic (exact) mass is 170 g/mol. The second-order valence-electron chi connectivity index (χ2n) is 3.66. The maximum atomic E-state index is 10.3. The van der Waals surface area contributed by atoms with Crippen molar-refractivity contribution in [2.75, 3.05) is 13.1 Å². The van der Waals surface area contributed by atoms with Gasteiger partial charge >= 0.3 is 6.09 Å². The summed E-state index contributed by atoms with van der Waals surface area (Å²) in [6.07, 6.45) is 2.69. The van der Waals surface area contributed by atoms with Gasteiger partial charge in [-0.2, -0.15) is 0 Å². The number of nitrogens with zero attached hydrogens (tertiary/aromatic N) is 1. The van der Waals surface area contributed by atoms with Gasteiger partial charge in [-0.1, -0.05) is 0 Å². The zero-order chi connectivity index (χ0) is 8.55. The lowest BCUT2D eigenvalue weighted by atomic mass is 10.3. The summed E-state index contributed by atoms with van der Waals surface area (Å²) < 4.78 is 0. The van der Waals surface area contributed by atoms with E-state index < -0.39 is 6.09 Å². The van der Waals surface area contributed by atoms with E-state index in [1.807, 2.05) is 0 Å². The minimum absolute atomic E-state index is 0.170. The number of carbonyl (C=O) groups is 1. The predicted octanol–water partition coefficient (Wildman–Crippen LogP) is 0.491. The summed E-state index contributed by atoms with van der Waals surface area (Å²) in [5, 5.41) is 11.0. The third-order valence-corrected chi connectivity index (χ3v) is 2.61. The van der Waals surface area contributed by atoms with Gasteiger partial charge in [0.2, 0.25) is 0 Å². The van der Waals surface area contributed by atoms with Gasteiger partial charge < -0.3 is 10.4 Å². The maximum absolute atomic E-state index is 10.3. The van der Waals surface area contributed by atoms with E-state index in [9.17, 15) is 4.79 Å². The van der Waals surface area contributed by atoms with E-state index in [1.165, 1.54) is 12.8 Å². The molecule has 4 nitrogen and oxygen atoms in total. The molecule has 0 bridgehead atoms. The van der Waals surface area contributed by atoms with E-state index >= 15 is 0 Å². The summed E-state index contributed by atoms with van der Waals surface area (Å²) in [4.78, 5) is 12.7. The Bertz CT molecular complexity index is 191. The van der Waals surface area contributed by atoms with Crippen LogP contribution in [-0.4, -0.2) is 41.3 Å². The summed E-state index contributed by atoms with van der Waals surface area (Å²) >= 11 is 0. The van der Waals surface area contributed by atoms with Gasteiger partial charge in [-0.05, 0) is 19.3 Å². The summed E-state index contributed by atoms with van der Waals surface area (Å²) in [6.45, 7) is 1.98. The summed E-state index contributed by atoms with van der Waals surface area (Å²) in [7, 11) is 0. The predicted molar refractivity (Wildman–Crippen MR) is 44.2 cm³/mol. The molecule has 2 aliphatic rings. The second kappa shape index (κ2) is 2.94. The molecule has 0 radical (unpaired) electrons. The number of hydrogen-bond acceptors (Lipinski definition) is 2. The van der Waals surface area contributed by atoms with Crippen LogP contribution in [0.25, 0.3) is 0 Å². The molecular weight excluding hydrogens is 156 g/mol. The van der Waals surface area contributed by atoms with Crippen molar-refractivity contribution in [3.05, 3.63) is 0 Å². The Morgan fingerprint density at radius 1 is 1.42 bits per heavy atom. The average molecular weight is 170 g/mol. The molecule has 2 N–H and O–H groups in total. The number of amides is 1. The average Bonchev–Trinajstić information content (AvgIpc) is 2.73. The molecule has 4 heteroatoms. The zero-order valence-corrected chi connectivity index (χ0v) is 6.99. The Morgan fingerprint density at radius 3 is 2.75 bits per heavy atom. The van der Waals surface area contributed by atoms with Crippen molar-refractivity contribution in [3.8, 4) is 0 Å². The van der Waals surface area contributed by atoms with Crippen molar-refractivity contribution in [3.63, 3.8) is 0 Å². The molecule has 0 unspecified atom stereocenters. The molecule has 0 aromatic heterocycles. The fourth-order valence-electron chi connectivity index (χ4n) is 1.85. The van der Waals surface area contributed by atoms with Crippen LogP contribution in [0.1, 0.15) is 19.3 Å². The molecule has 1 aliphatic heterocycles. The first-order valence-corrected chi connectivity index (χ1v) is 4.49. The van der Waals surface area contributed by atoms with Gasteiger partial charge in [-0.25, -0.2) is 4.79 Å². The Hall–Kier alpha value is -0.770. The maximum Gasteiger partial charge on any atom is 0.404 e. The summed E-state index contributed by atoms with van der Waals surface area (Å²) in [5.74, 6) is 0. The fraction of sp³-hybridized carbons (Fsp3) is 0.875. The Kier molecular flexibility index (Phi) is 1.92. The lowest BCUT2D eigenvalue weighted by molar-refractivity contribution is 0.189. The third kappa shape index (κ3) is 1.69. The van der Waals surface area contributed by atoms with Crippen LogP contribution >= 0.6 is 0 Å². The van der Waals surface area contributed by atoms with Gasteiger partial charge in [0.15, 0.2) is 0 Å². The van der Waals surface area contributed by atoms with Crippen molar-refractivity contribution < 1.29 is 9.90 Å². The fourth-order valence-corrected chi connectivity index (χ4v) is 1.85. The number of rotatable bonds is 2. The molecule has 1 atom stereocenters. The first kappa shape index (κ1) is 7.86. The van der Waals surface area contributed by atoms with Crippen LogP contribution in [0.2, 0.25) is 0 Å². The highest BCUT2D eigenvalue weighted by atomic mass is 16.4. The number of likely N-dealkylation sites (tertiary alicyclic amines) is 1. The highest BCUT2D eigenvalue weighted by molar-refractivity contribution is 5.64. The highest BCUT2D eigenvalue weighted by Gasteiger charge is 2.34. The van der Waals surface area contributed by atoms with Crippen LogP contribution < -0.4 is 5.32 Å². The smallest absolute Gasteiger partial charge is 0.404 e. The van der Waals surface area contributed by atoms with Crippen LogP contribution in [-0.2, 0) is 0 Å². The largest absolute Gasteiger partial charge is 0.465 e. The first-order valence-electron chi connectivity index (χ1n) is 4.49. The first-order chi connectivity index (χ1) is 5.75.